The number of aromatic nitrogens is 2. The highest BCUT2D eigenvalue weighted by Crippen LogP contribution is 2.28. The molecule has 0 fully saturated rings. The molecule has 1 heterocycles. The second kappa shape index (κ2) is 5.38. The first kappa shape index (κ1) is 13.5. The molecule has 0 radical (unpaired) electrons. The summed E-state index contributed by atoms with van der Waals surface area (Å²) in [5, 5.41) is 7.66. The van der Waals surface area contributed by atoms with Crippen LogP contribution in [0, 0.1) is 0 Å². The standard InChI is InChI=1S/C11H20N4O2S/c1-15-11-5-3-4-10(9(11)8-13-15)12-6-7-14-18(2,16)17/h8,10,12,14H,3-7H2,1-2H3. The molecular formula is C11H20N4O2S. The zero-order chi connectivity index (χ0) is 13.2. The number of aryl methyl sites for hydroxylation is 1. The van der Waals surface area contributed by atoms with Crippen LogP contribution in [-0.4, -0.2) is 37.5 Å². The number of hydrogen-bond acceptors (Lipinski definition) is 4. The number of fused-ring (bicyclic) bond motifs is 1. The van der Waals surface area contributed by atoms with Crippen molar-refractivity contribution in [1.82, 2.24) is 19.8 Å². The molecule has 1 unspecified atom stereocenters. The maximum atomic E-state index is 10.9. The van der Waals surface area contributed by atoms with Crippen molar-refractivity contribution in [2.75, 3.05) is 19.3 Å². The van der Waals surface area contributed by atoms with Gasteiger partial charge in [0.1, 0.15) is 0 Å². The molecule has 102 valence electrons. The molecule has 0 aromatic carbocycles. The number of rotatable bonds is 5. The summed E-state index contributed by atoms with van der Waals surface area (Å²) >= 11 is 0. The zero-order valence-electron chi connectivity index (χ0n) is 10.8. The van der Waals surface area contributed by atoms with E-state index in [1.165, 1.54) is 17.5 Å². The summed E-state index contributed by atoms with van der Waals surface area (Å²) in [6, 6.07) is 0.295. The molecule has 0 spiro atoms. The Kier molecular flexibility index (Phi) is 4.04. The zero-order valence-corrected chi connectivity index (χ0v) is 11.6. The third kappa shape index (κ3) is 3.30. The molecule has 1 aliphatic rings. The highest BCUT2D eigenvalue weighted by molar-refractivity contribution is 7.88. The molecule has 1 aliphatic carbocycles. The first-order valence-electron chi connectivity index (χ1n) is 6.16. The minimum atomic E-state index is -3.09. The van der Waals surface area contributed by atoms with Gasteiger partial charge in [0.15, 0.2) is 0 Å². The maximum Gasteiger partial charge on any atom is 0.208 e. The average molecular weight is 272 g/mol. The largest absolute Gasteiger partial charge is 0.309 e. The van der Waals surface area contributed by atoms with Crippen LogP contribution in [0.5, 0.6) is 0 Å². The third-order valence-corrected chi connectivity index (χ3v) is 3.98. The Morgan fingerprint density at radius 1 is 1.50 bits per heavy atom. The highest BCUT2D eigenvalue weighted by atomic mass is 32.2. The van der Waals surface area contributed by atoms with Crippen LogP contribution < -0.4 is 10.0 Å². The van der Waals surface area contributed by atoms with Gasteiger partial charge in [0.05, 0.1) is 12.5 Å². The summed E-state index contributed by atoms with van der Waals surface area (Å²) in [7, 11) is -1.13. The van der Waals surface area contributed by atoms with E-state index < -0.39 is 10.0 Å². The highest BCUT2D eigenvalue weighted by Gasteiger charge is 2.22. The Balaban J connectivity index is 1.88. The third-order valence-electron chi connectivity index (χ3n) is 3.26. The fourth-order valence-electron chi connectivity index (χ4n) is 2.40. The second-order valence-corrected chi connectivity index (χ2v) is 6.57. The van der Waals surface area contributed by atoms with Gasteiger partial charge in [-0.3, -0.25) is 4.68 Å². The molecule has 18 heavy (non-hydrogen) atoms. The molecule has 0 saturated carbocycles. The van der Waals surface area contributed by atoms with Crippen molar-refractivity contribution in [2.24, 2.45) is 7.05 Å². The van der Waals surface area contributed by atoms with Crippen LogP contribution in [0.4, 0.5) is 0 Å². The van der Waals surface area contributed by atoms with Gasteiger partial charge in [0.25, 0.3) is 0 Å². The van der Waals surface area contributed by atoms with Gasteiger partial charge >= 0.3 is 0 Å². The van der Waals surface area contributed by atoms with Crippen LogP contribution in [0.2, 0.25) is 0 Å². The smallest absolute Gasteiger partial charge is 0.208 e. The first-order valence-corrected chi connectivity index (χ1v) is 8.05. The van der Waals surface area contributed by atoms with Crippen molar-refractivity contribution < 1.29 is 8.42 Å². The lowest BCUT2D eigenvalue weighted by Crippen LogP contribution is -2.34. The molecule has 1 aromatic heterocycles. The van der Waals surface area contributed by atoms with Crippen molar-refractivity contribution in [3.8, 4) is 0 Å². The molecule has 2 rings (SSSR count). The molecule has 0 aliphatic heterocycles. The van der Waals surface area contributed by atoms with Crippen molar-refractivity contribution in [3.63, 3.8) is 0 Å². The molecule has 6 nitrogen and oxygen atoms in total. The van der Waals surface area contributed by atoms with Crippen LogP contribution in [0.1, 0.15) is 30.1 Å². The molecule has 0 bridgehead atoms. The normalized spacial score (nSPS) is 19.8. The summed E-state index contributed by atoms with van der Waals surface area (Å²) in [6.07, 6.45) is 6.38. The van der Waals surface area contributed by atoms with Gasteiger partial charge in [0.2, 0.25) is 10.0 Å². The molecule has 0 saturated heterocycles. The second-order valence-electron chi connectivity index (χ2n) is 4.74. The van der Waals surface area contributed by atoms with Crippen LogP contribution in [0.25, 0.3) is 0 Å². The number of nitrogens with one attached hydrogen (secondary N) is 2. The number of hydrogen-bond donors (Lipinski definition) is 2. The monoisotopic (exact) mass is 272 g/mol. The fourth-order valence-corrected chi connectivity index (χ4v) is 2.87. The molecule has 0 amide bonds. The van der Waals surface area contributed by atoms with Crippen molar-refractivity contribution in [2.45, 2.75) is 25.3 Å². The predicted molar refractivity (Wildman–Crippen MR) is 69.7 cm³/mol. The Morgan fingerprint density at radius 2 is 2.28 bits per heavy atom. The van der Waals surface area contributed by atoms with Crippen LogP contribution in [0.15, 0.2) is 6.20 Å². The van der Waals surface area contributed by atoms with Gasteiger partial charge in [-0.1, -0.05) is 0 Å². The van der Waals surface area contributed by atoms with E-state index >= 15 is 0 Å². The Bertz CT molecular complexity index is 509. The summed E-state index contributed by atoms with van der Waals surface area (Å²) in [5.74, 6) is 0. The molecular weight excluding hydrogens is 252 g/mol. The van der Waals surface area contributed by atoms with Crippen LogP contribution in [-0.2, 0) is 23.5 Å². The molecule has 7 heteroatoms. The fraction of sp³-hybridized carbons (Fsp3) is 0.727. The molecule has 1 aromatic rings. The van der Waals surface area contributed by atoms with Crippen LogP contribution >= 0.6 is 0 Å². The summed E-state index contributed by atoms with van der Waals surface area (Å²) in [4.78, 5) is 0. The van der Waals surface area contributed by atoms with Crippen molar-refractivity contribution in [3.05, 3.63) is 17.5 Å². The van der Waals surface area contributed by atoms with Gasteiger partial charge in [-0.15, -0.1) is 0 Å². The summed E-state index contributed by atoms with van der Waals surface area (Å²) < 4.78 is 26.3. The Labute approximate surface area is 108 Å². The Hall–Kier alpha value is -0.920. The lowest BCUT2D eigenvalue weighted by Gasteiger charge is -2.23. The van der Waals surface area contributed by atoms with Crippen LogP contribution in [0.3, 0.4) is 0 Å². The van der Waals surface area contributed by atoms with Crippen molar-refractivity contribution in [1.29, 1.82) is 0 Å². The van der Waals surface area contributed by atoms with E-state index in [1.807, 2.05) is 17.9 Å². The van der Waals surface area contributed by atoms with E-state index in [1.54, 1.807) is 0 Å². The van der Waals surface area contributed by atoms with E-state index in [4.69, 9.17) is 0 Å². The topological polar surface area (TPSA) is 76.0 Å². The number of sulfonamides is 1. The van der Waals surface area contributed by atoms with Gasteiger partial charge in [0, 0.05) is 37.4 Å². The minimum absolute atomic E-state index is 0.295. The van der Waals surface area contributed by atoms with Gasteiger partial charge in [-0.05, 0) is 19.3 Å². The van der Waals surface area contributed by atoms with Gasteiger partial charge < -0.3 is 5.32 Å². The molecule has 1 atom stereocenters. The summed E-state index contributed by atoms with van der Waals surface area (Å²) in [6.45, 7) is 1.05. The quantitative estimate of drug-likeness (QED) is 0.736. The summed E-state index contributed by atoms with van der Waals surface area (Å²) in [5.41, 5.74) is 2.54. The average Bonchev–Trinajstić information content (AvgIpc) is 2.67. The lowest BCUT2D eigenvalue weighted by atomic mass is 9.93. The lowest BCUT2D eigenvalue weighted by molar-refractivity contribution is 0.454. The number of nitrogens with zero attached hydrogens (tertiary/aromatic N) is 2. The van der Waals surface area contributed by atoms with E-state index in [9.17, 15) is 8.42 Å². The predicted octanol–water partition coefficient (Wildman–Crippen LogP) is -0.0637. The van der Waals surface area contributed by atoms with Gasteiger partial charge in [-0.25, -0.2) is 13.1 Å². The van der Waals surface area contributed by atoms with E-state index in [0.29, 0.717) is 19.1 Å². The minimum Gasteiger partial charge on any atom is -0.309 e. The SMILES string of the molecule is Cn1ncc2c1CCCC2NCCNS(C)(=O)=O. The molecule has 2 N–H and O–H groups in total. The maximum absolute atomic E-state index is 10.9. The van der Waals surface area contributed by atoms with Crippen molar-refractivity contribution >= 4 is 10.0 Å². The van der Waals surface area contributed by atoms with E-state index in [-0.39, 0.29) is 0 Å². The van der Waals surface area contributed by atoms with Gasteiger partial charge in [-0.2, -0.15) is 5.10 Å². The van der Waals surface area contributed by atoms with E-state index in [2.05, 4.69) is 15.1 Å². The first-order chi connectivity index (χ1) is 8.47. The van der Waals surface area contributed by atoms with E-state index in [0.717, 1.165) is 19.3 Å². The Morgan fingerprint density at radius 3 is 3.00 bits per heavy atom.